The highest BCUT2D eigenvalue weighted by atomic mass is 32.2. The predicted molar refractivity (Wildman–Crippen MR) is 80.0 cm³/mol. The average Bonchev–Trinajstić information content (AvgIpc) is 2.93. The number of H-pyrrole nitrogens is 1. The summed E-state index contributed by atoms with van der Waals surface area (Å²) in [6, 6.07) is 7.44. The number of rotatable bonds is 6. The van der Waals surface area contributed by atoms with E-state index in [-0.39, 0.29) is 6.54 Å². The monoisotopic (exact) mass is 310 g/mol. The Kier molecular flexibility index (Phi) is 4.61. The highest BCUT2D eigenvalue weighted by molar-refractivity contribution is 7.87. The lowest BCUT2D eigenvalue weighted by atomic mass is 10.1. The fraction of sp³-hybridized carbons (Fsp3) is 0.308. The molecule has 114 valence electrons. The van der Waals surface area contributed by atoms with Crippen LogP contribution in [-0.4, -0.2) is 44.1 Å². The summed E-state index contributed by atoms with van der Waals surface area (Å²) in [6.45, 7) is 0.165. The van der Waals surface area contributed by atoms with Crippen LogP contribution in [0, 0.1) is 0 Å². The van der Waals surface area contributed by atoms with Crippen molar-refractivity contribution in [2.24, 2.45) is 0 Å². The van der Waals surface area contributed by atoms with Gasteiger partial charge >= 0.3 is 0 Å². The molecule has 0 saturated heterocycles. The Labute approximate surface area is 124 Å². The Hall–Kier alpha value is -1.90. The van der Waals surface area contributed by atoms with Crippen molar-refractivity contribution in [3.05, 3.63) is 36.0 Å². The minimum atomic E-state index is -3.46. The van der Waals surface area contributed by atoms with Gasteiger partial charge in [-0.1, -0.05) is 0 Å². The third-order valence-electron chi connectivity index (χ3n) is 3.02. The Balaban J connectivity index is 2.18. The maximum atomic E-state index is 11.7. The van der Waals surface area contributed by atoms with E-state index in [0.29, 0.717) is 0 Å². The molecule has 2 aromatic rings. The molecule has 0 bridgehead atoms. The van der Waals surface area contributed by atoms with E-state index in [2.05, 4.69) is 14.9 Å². The average molecular weight is 310 g/mol. The Morgan fingerprint density at radius 2 is 1.95 bits per heavy atom. The quantitative estimate of drug-likeness (QED) is 0.832. The third-order valence-corrected chi connectivity index (χ3v) is 4.49. The van der Waals surface area contributed by atoms with Gasteiger partial charge in [0.05, 0.1) is 19.0 Å². The molecule has 1 aromatic heterocycles. The van der Waals surface area contributed by atoms with Crippen molar-refractivity contribution in [3.8, 4) is 17.0 Å². The van der Waals surface area contributed by atoms with Crippen LogP contribution < -0.4 is 9.46 Å². The molecule has 21 heavy (non-hydrogen) atoms. The fourth-order valence-corrected chi connectivity index (χ4v) is 2.35. The summed E-state index contributed by atoms with van der Waals surface area (Å²) < 4.78 is 32.2. The van der Waals surface area contributed by atoms with Crippen LogP contribution in [0.4, 0.5) is 0 Å². The number of aromatic amines is 1. The van der Waals surface area contributed by atoms with Crippen molar-refractivity contribution >= 4 is 10.2 Å². The molecule has 2 rings (SSSR count). The van der Waals surface area contributed by atoms with Crippen molar-refractivity contribution in [1.82, 2.24) is 19.2 Å². The topological polar surface area (TPSA) is 87.3 Å². The first kappa shape index (κ1) is 15.5. The van der Waals surface area contributed by atoms with Gasteiger partial charge in [-0.25, -0.2) is 0 Å². The first-order valence-electron chi connectivity index (χ1n) is 6.28. The van der Waals surface area contributed by atoms with E-state index in [4.69, 9.17) is 4.74 Å². The largest absolute Gasteiger partial charge is 0.497 e. The van der Waals surface area contributed by atoms with Crippen LogP contribution in [0.1, 0.15) is 5.56 Å². The van der Waals surface area contributed by atoms with Crippen molar-refractivity contribution in [1.29, 1.82) is 0 Å². The number of hydrogen-bond acceptors (Lipinski definition) is 4. The molecule has 1 aromatic carbocycles. The van der Waals surface area contributed by atoms with E-state index in [1.165, 1.54) is 14.1 Å². The van der Waals surface area contributed by atoms with Gasteiger partial charge in [0.25, 0.3) is 10.2 Å². The van der Waals surface area contributed by atoms with Gasteiger partial charge in [-0.05, 0) is 24.3 Å². The summed E-state index contributed by atoms with van der Waals surface area (Å²) in [5.74, 6) is 0.758. The Bertz CT molecular complexity index is 692. The second kappa shape index (κ2) is 6.25. The molecule has 0 spiro atoms. The summed E-state index contributed by atoms with van der Waals surface area (Å²) in [5, 5.41) is 6.87. The Morgan fingerprint density at radius 1 is 1.29 bits per heavy atom. The molecular formula is C13H18N4O3S. The van der Waals surface area contributed by atoms with E-state index >= 15 is 0 Å². The number of ether oxygens (including phenoxy) is 1. The summed E-state index contributed by atoms with van der Waals surface area (Å²) in [7, 11) is 1.09. The van der Waals surface area contributed by atoms with E-state index in [1.54, 1.807) is 13.3 Å². The van der Waals surface area contributed by atoms with Gasteiger partial charge in [0.15, 0.2) is 0 Å². The number of hydrogen-bond donors (Lipinski definition) is 2. The lowest BCUT2D eigenvalue weighted by Gasteiger charge is -2.12. The first-order chi connectivity index (χ1) is 9.94. The molecule has 0 saturated carbocycles. The second-order valence-electron chi connectivity index (χ2n) is 4.61. The van der Waals surface area contributed by atoms with Crippen molar-refractivity contribution in [2.75, 3.05) is 21.2 Å². The van der Waals surface area contributed by atoms with Gasteiger partial charge in [-0.15, -0.1) is 0 Å². The highest BCUT2D eigenvalue weighted by Crippen LogP contribution is 2.23. The Morgan fingerprint density at radius 3 is 2.52 bits per heavy atom. The van der Waals surface area contributed by atoms with Gasteiger partial charge in [-0.2, -0.15) is 22.5 Å². The molecule has 0 unspecified atom stereocenters. The first-order valence-corrected chi connectivity index (χ1v) is 7.72. The van der Waals surface area contributed by atoms with Gasteiger partial charge in [0.2, 0.25) is 0 Å². The molecule has 0 amide bonds. The maximum Gasteiger partial charge on any atom is 0.279 e. The zero-order chi connectivity index (χ0) is 15.5. The fourth-order valence-electron chi connectivity index (χ4n) is 1.75. The van der Waals surface area contributed by atoms with E-state index in [9.17, 15) is 8.42 Å². The highest BCUT2D eigenvalue weighted by Gasteiger charge is 2.15. The third kappa shape index (κ3) is 3.60. The number of aromatic nitrogens is 2. The zero-order valence-corrected chi connectivity index (χ0v) is 12.9. The summed E-state index contributed by atoms with van der Waals surface area (Å²) >= 11 is 0. The van der Waals surface area contributed by atoms with Gasteiger partial charge in [0, 0.05) is 31.8 Å². The maximum absolute atomic E-state index is 11.7. The van der Waals surface area contributed by atoms with Crippen LogP contribution in [0.5, 0.6) is 5.75 Å². The molecule has 1 heterocycles. The number of benzene rings is 1. The van der Waals surface area contributed by atoms with Gasteiger partial charge in [0.1, 0.15) is 5.75 Å². The summed E-state index contributed by atoms with van der Waals surface area (Å²) in [5.41, 5.74) is 2.46. The number of nitrogens with one attached hydrogen (secondary N) is 2. The van der Waals surface area contributed by atoms with Crippen LogP contribution in [0.3, 0.4) is 0 Å². The molecule has 0 aliphatic heterocycles. The van der Waals surface area contributed by atoms with E-state index < -0.39 is 10.2 Å². The van der Waals surface area contributed by atoms with Crippen LogP contribution in [0.2, 0.25) is 0 Å². The predicted octanol–water partition coefficient (Wildman–Crippen LogP) is 0.981. The molecule has 8 heteroatoms. The molecule has 2 N–H and O–H groups in total. The number of nitrogens with zero attached hydrogens (tertiary/aromatic N) is 2. The van der Waals surface area contributed by atoms with Gasteiger partial charge in [-0.3, -0.25) is 5.10 Å². The van der Waals surface area contributed by atoms with Crippen molar-refractivity contribution in [3.63, 3.8) is 0 Å². The van der Waals surface area contributed by atoms with Crippen LogP contribution in [0.25, 0.3) is 11.3 Å². The second-order valence-corrected chi connectivity index (χ2v) is 6.58. The van der Waals surface area contributed by atoms with Crippen molar-refractivity contribution in [2.45, 2.75) is 6.54 Å². The molecule has 0 aliphatic rings. The zero-order valence-electron chi connectivity index (χ0n) is 12.1. The van der Waals surface area contributed by atoms with Crippen LogP contribution in [0.15, 0.2) is 30.5 Å². The molecule has 0 fully saturated rings. The molecule has 7 nitrogen and oxygen atoms in total. The summed E-state index contributed by atoms with van der Waals surface area (Å²) in [4.78, 5) is 0. The molecular weight excluding hydrogens is 292 g/mol. The standard InChI is InChI=1S/C13H18N4O3S/c1-17(2)21(18,19)15-9-11-8-14-16-13(11)10-4-6-12(20-3)7-5-10/h4-8,15H,9H2,1-3H3,(H,14,16). The lowest BCUT2D eigenvalue weighted by Crippen LogP contribution is -2.35. The SMILES string of the molecule is COc1ccc(-c2[nH]ncc2CNS(=O)(=O)N(C)C)cc1. The van der Waals surface area contributed by atoms with Crippen molar-refractivity contribution < 1.29 is 13.2 Å². The lowest BCUT2D eigenvalue weighted by molar-refractivity contribution is 0.415. The number of methoxy groups -OCH3 is 1. The molecule has 0 radical (unpaired) electrons. The molecule has 0 atom stereocenters. The normalized spacial score (nSPS) is 11.8. The minimum absolute atomic E-state index is 0.165. The van der Waals surface area contributed by atoms with Crippen LogP contribution >= 0.6 is 0 Å². The minimum Gasteiger partial charge on any atom is -0.497 e. The molecule has 0 aliphatic carbocycles. The van der Waals surface area contributed by atoms with E-state index in [1.807, 2.05) is 24.3 Å². The van der Waals surface area contributed by atoms with E-state index in [0.717, 1.165) is 26.9 Å². The van der Waals surface area contributed by atoms with Crippen LogP contribution in [-0.2, 0) is 16.8 Å². The summed E-state index contributed by atoms with van der Waals surface area (Å²) in [6.07, 6.45) is 1.61. The smallest absolute Gasteiger partial charge is 0.279 e. The van der Waals surface area contributed by atoms with Gasteiger partial charge < -0.3 is 4.74 Å².